The lowest BCUT2D eigenvalue weighted by Gasteiger charge is -2.61. The molecule has 0 aromatic carbocycles. The van der Waals surface area contributed by atoms with Crippen molar-refractivity contribution in [2.45, 2.75) is 119 Å². The second kappa shape index (κ2) is 10.7. The molecule has 0 radical (unpaired) electrons. The Kier molecular flexibility index (Phi) is 8.27. The standard InChI is InChI=1S/C33H48O8/c1-9-10-15-40-25(38)12-11-18(2)20-16-24(37)33(8)26-21(35)17-22-30(4,5)23(36)13-14-31(22,6)27(26)28(39)29(32(20,33)7)41-19(3)34/h18,20,22-23,29,36H,9-17H2,1-8H3/t18-,20-,22+,23+,29-,31+,32+,33+/m1/s1. The first-order valence-electron chi connectivity index (χ1n) is 15.4. The number of aliphatic hydroxyl groups is 1. The molecular formula is C33H48O8. The van der Waals surface area contributed by atoms with Gasteiger partial charge in [0.1, 0.15) is 5.78 Å². The second-order valence-corrected chi connectivity index (χ2v) is 14.3. The van der Waals surface area contributed by atoms with Gasteiger partial charge in [-0.05, 0) is 55.8 Å². The van der Waals surface area contributed by atoms with Crippen molar-refractivity contribution >= 4 is 29.3 Å². The van der Waals surface area contributed by atoms with Gasteiger partial charge in [-0.15, -0.1) is 0 Å². The van der Waals surface area contributed by atoms with Crippen LogP contribution < -0.4 is 0 Å². The van der Waals surface area contributed by atoms with Crippen LogP contribution in [0, 0.1) is 39.4 Å². The third-order valence-electron chi connectivity index (χ3n) is 11.8. The van der Waals surface area contributed by atoms with Gasteiger partial charge in [0, 0.05) is 48.2 Å². The van der Waals surface area contributed by atoms with Gasteiger partial charge in [-0.2, -0.15) is 0 Å². The molecule has 0 amide bonds. The molecule has 0 unspecified atom stereocenters. The van der Waals surface area contributed by atoms with E-state index in [1.54, 1.807) is 6.92 Å². The number of allylic oxidation sites excluding steroid dienone is 1. The second-order valence-electron chi connectivity index (χ2n) is 14.3. The van der Waals surface area contributed by atoms with Gasteiger partial charge in [0.15, 0.2) is 11.9 Å². The maximum absolute atomic E-state index is 14.6. The van der Waals surface area contributed by atoms with E-state index in [2.05, 4.69) is 0 Å². The number of unbranched alkanes of at least 4 members (excludes halogenated alkanes) is 1. The quantitative estimate of drug-likeness (QED) is 0.321. The van der Waals surface area contributed by atoms with Gasteiger partial charge in [0.2, 0.25) is 5.78 Å². The molecule has 1 N–H and O–H groups in total. The van der Waals surface area contributed by atoms with E-state index in [-0.39, 0.29) is 54.2 Å². The lowest BCUT2D eigenvalue weighted by molar-refractivity contribution is -0.176. The molecule has 4 aliphatic rings. The van der Waals surface area contributed by atoms with Gasteiger partial charge >= 0.3 is 11.9 Å². The number of Topliss-reactive ketones (excluding diaryl/α,β-unsaturated/α-hetero) is 3. The third kappa shape index (κ3) is 4.54. The summed E-state index contributed by atoms with van der Waals surface area (Å²) in [5.41, 5.74) is -3.26. The normalized spacial score (nSPS) is 38.6. The molecule has 41 heavy (non-hydrogen) atoms. The Bertz CT molecular complexity index is 1180. The van der Waals surface area contributed by atoms with Gasteiger partial charge in [0.25, 0.3) is 0 Å². The topological polar surface area (TPSA) is 124 Å². The molecule has 4 aliphatic carbocycles. The smallest absolute Gasteiger partial charge is 0.305 e. The van der Waals surface area contributed by atoms with Crippen molar-refractivity contribution in [3.8, 4) is 0 Å². The van der Waals surface area contributed by atoms with E-state index in [9.17, 15) is 29.1 Å². The molecule has 0 spiro atoms. The number of fused-ring (bicyclic) bond motifs is 4. The molecule has 0 aliphatic heterocycles. The van der Waals surface area contributed by atoms with Gasteiger partial charge in [-0.25, -0.2) is 0 Å². The molecule has 0 saturated heterocycles. The van der Waals surface area contributed by atoms with Crippen LogP contribution in [0.4, 0.5) is 0 Å². The van der Waals surface area contributed by atoms with E-state index in [0.717, 1.165) is 12.8 Å². The Labute approximate surface area is 244 Å². The van der Waals surface area contributed by atoms with Crippen molar-refractivity contribution < 1.29 is 38.6 Å². The lowest BCUT2D eigenvalue weighted by Crippen LogP contribution is -2.65. The van der Waals surface area contributed by atoms with Crippen LogP contribution in [0.2, 0.25) is 0 Å². The first-order chi connectivity index (χ1) is 19.0. The fraction of sp³-hybridized carbons (Fsp3) is 0.788. The van der Waals surface area contributed by atoms with Crippen molar-refractivity contribution in [2.24, 2.45) is 39.4 Å². The Balaban J connectivity index is 1.82. The van der Waals surface area contributed by atoms with Crippen molar-refractivity contribution in [1.29, 1.82) is 0 Å². The third-order valence-corrected chi connectivity index (χ3v) is 11.8. The summed E-state index contributed by atoms with van der Waals surface area (Å²) in [5.74, 6) is -2.55. The number of carbonyl (C=O) groups excluding carboxylic acids is 5. The summed E-state index contributed by atoms with van der Waals surface area (Å²) in [7, 11) is 0. The van der Waals surface area contributed by atoms with Crippen LogP contribution >= 0.6 is 0 Å². The molecule has 8 heteroatoms. The van der Waals surface area contributed by atoms with Crippen LogP contribution in [0.5, 0.6) is 0 Å². The summed E-state index contributed by atoms with van der Waals surface area (Å²) in [6, 6.07) is 0. The summed E-state index contributed by atoms with van der Waals surface area (Å²) >= 11 is 0. The Morgan fingerprint density at radius 2 is 1.71 bits per heavy atom. The highest BCUT2D eigenvalue weighted by molar-refractivity contribution is 6.18. The Morgan fingerprint density at radius 1 is 1.05 bits per heavy atom. The number of hydrogen-bond donors (Lipinski definition) is 1. The number of aliphatic hydroxyl groups excluding tert-OH is 1. The molecule has 8 nitrogen and oxygen atoms in total. The van der Waals surface area contributed by atoms with Gasteiger partial charge in [-0.3, -0.25) is 24.0 Å². The highest BCUT2D eigenvalue weighted by Gasteiger charge is 2.74. The average Bonchev–Trinajstić information content (AvgIpc) is 3.10. The zero-order valence-corrected chi connectivity index (χ0v) is 26.1. The zero-order valence-electron chi connectivity index (χ0n) is 26.1. The maximum atomic E-state index is 14.6. The van der Waals surface area contributed by atoms with Gasteiger partial charge in [0.05, 0.1) is 18.1 Å². The number of rotatable bonds is 8. The van der Waals surface area contributed by atoms with E-state index in [0.29, 0.717) is 31.4 Å². The molecule has 0 bridgehead atoms. The first-order valence-corrected chi connectivity index (χ1v) is 15.4. The van der Waals surface area contributed by atoms with Crippen molar-refractivity contribution in [3.05, 3.63) is 11.1 Å². The van der Waals surface area contributed by atoms with Crippen LogP contribution in [0.1, 0.15) is 107 Å². The first kappa shape index (κ1) is 31.6. The minimum atomic E-state index is -1.33. The van der Waals surface area contributed by atoms with Crippen molar-refractivity contribution in [2.75, 3.05) is 6.61 Å². The van der Waals surface area contributed by atoms with E-state index >= 15 is 0 Å². The highest BCUT2D eigenvalue weighted by Crippen LogP contribution is 2.70. The van der Waals surface area contributed by atoms with Crippen LogP contribution in [-0.2, 0) is 33.4 Å². The highest BCUT2D eigenvalue weighted by atomic mass is 16.5. The summed E-state index contributed by atoms with van der Waals surface area (Å²) in [6.07, 6.45) is 1.71. The van der Waals surface area contributed by atoms with Gasteiger partial charge in [-0.1, -0.05) is 48.0 Å². The molecule has 2 fully saturated rings. The molecule has 0 aromatic rings. The molecule has 0 heterocycles. The summed E-state index contributed by atoms with van der Waals surface area (Å²) in [4.78, 5) is 67.8. The van der Waals surface area contributed by atoms with Crippen LogP contribution in [0.25, 0.3) is 0 Å². The molecule has 8 atom stereocenters. The average molecular weight is 573 g/mol. The Morgan fingerprint density at radius 3 is 2.32 bits per heavy atom. The fourth-order valence-corrected chi connectivity index (χ4v) is 9.11. The van der Waals surface area contributed by atoms with Gasteiger partial charge < -0.3 is 14.6 Å². The summed E-state index contributed by atoms with van der Waals surface area (Å²) < 4.78 is 11.2. The van der Waals surface area contributed by atoms with E-state index in [1.165, 1.54) is 6.92 Å². The molecule has 228 valence electrons. The summed E-state index contributed by atoms with van der Waals surface area (Å²) in [5, 5.41) is 10.9. The predicted molar refractivity (Wildman–Crippen MR) is 151 cm³/mol. The minimum absolute atomic E-state index is 0.124. The molecule has 2 saturated carbocycles. The Hall–Kier alpha value is -2.35. The molecule has 0 aromatic heterocycles. The number of hydrogen-bond acceptors (Lipinski definition) is 8. The van der Waals surface area contributed by atoms with Crippen molar-refractivity contribution in [1.82, 2.24) is 0 Å². The van der Waals surface area contributed by atoms with E-state index < -0.39 is 51.5 Å². The fourth-order valence-electron chi connectivity index (χ4n) is 9.11. The van der Waals surface area contributed by atoms with E-state index in [1.807, 2.05) is 41.5 Å². The van der Waals surface area contributed by atoms with Crippen LogP contribution in [0.15, 0.2) is 11.1 Å². The van der Waals surface area contributed by atoms with Crippen molar-refractivity contribution in [3.63, 3.8) is 0 Å². The summed E-state index contributed by atoms with van der Waals surface area (Å²) in [6.45, 7) is 15.1. The maximum Gasteiger partial charge on any atom is 0.305 e. The number of ketones is 3. The predicted octanol–water partition coefficient (Wildman–Crippen LogP) is 4.93. The molecular weight excluding hydrogens is 524 g/mol. The van der Waals surface area contributed by atoms with E-state index in [4.69, 9.17) is 9.47 Å². The van der Waals surface area contributed by atoms with Crippen LogP contribution in [-0.4, -0.2) is 53.2 Å². The SMILES string of the molecule is CCCCOC(=O)CC[C@@H](C)[C@H]1CC(=O)[C@@]2(C)C3=C(C(=O)[C@@H](OC(C)=O)[C@]12C)[C@@]1(C)CC[C@H](O)C(C)(C)[C@@H]1CC3=O. The number of carbonyl (C=O) groups is 5. The minimum Gasteiger partial charge on any atom is -0.466 e. The monoisotopic (exact) mass is 572 g/mol. The zero-order chi connectivity index (χ0) is 30.7. The largest absolute Gasteiger partial charge is 0.466 e. The van der Waals surface area contributed by atoms with Crippen LogP contribution in [0.3, 0.4) is 0 Å². The lowest BCUT2D eigenvalue weighted by atomic mass is 9.42. The number of ether oxygens (including phenoxy) is 2. The number of esters is 2. The molecule has 4 rings (SSSR count).